The van der Waals surface area contributed by atoms with Crippen LogP contribution < -0.4 is 5.32 Å². The van der Waals surface area contributed by atoms with Gasteiger partial charge < -0.3 is 5.32 Å². The minimum Gasteiger partial charge on any atom is -0.306 e. The van der Waals surface area contributed by atoms with Gasteiger partial charge in [0.1, 0.15) is 11.0 Å². The Balaban J connectivity index is 2.14. The summed E-state index contributed by atoms with van der Waals surface area (Å²) >= 11 is 11.4. The van der Waals surface area contributed by atoms with E-state index in [0.717, 1.165) is 0 Å². The van der Waals surface area contributed by atoms with Gasteiger partial charge in [-0.2, -0.15) is 0 Å². The number of carbonyl (C=O) groups is 1. The van der Waals surface area contributed by atoms with Crippen molar-refractivity contribution in [2.24, 2.45) is 0 Å². The molecule has 2 aromatic rings. The van der Waals surface area contributed by atoms with Crippen molar-refractivity contribution in [2.75, 3.05) is 5.32 Å². The molecule has 0 aromatic carbocycles. The number of nitrogens with one attached hydrogen (secondary N) is 1. The van der Waals surface area contributed by atoms with E-state index in [-0.39, 0.29) is 21.8 Å². The van der Waals surface area contributed by atoms with Crippen molar-refractivity contribution in [2.45, 2.75) is 0 Å². The van der Waals surface area contributed by atoms with Gasteiger partial charge in [0, 0.05) is 17.3 Å². The predicted molar refractivity (Wildman–Crippen MR) is 75.0 cm³/mol. The van der Waals surface area contributed by atoms with Crippen molar-refractivity contribution < 1.29 is 9.18 Å². The topological polar surface area (TPSA) is 54.9 Å². The van der Waals surface area contributed by atoms with Crippen molar-refractivity contribution in [1.29, 1.82) is 0 Å². The highest BCUT2D eigenvalue weighted by Crippen LogP contribution is 2.33. The highest BCUT2D eigenvalue weighted by Gasteiger charge is 2.26. The highest BCUT2D eigenvalue weighted by atomic mass is 35.5. The molecule has 2 aromatic heterocycles. The third-order valence-electron chi connectivity index (χ3n) is 2.80. The number of nitrogens with zero attached hydrogens (tertiary/aromatic N) is 2. The molecule has 20 heavy (non-hydrogen) atoms. The third kappa shape index (κ3) is 2.15. The number of hydrogen-bond donors (Lipinski definition) is 1. The molecule has 0 saturated heterocycles. The predicted octanol–water partition coefficient (Wildman–Crippen LogP) is 3.42. The molecule has 1 aliphatic heterocycles. The van der Waals surface area contributed by atoms with E-state index in [2.05, 4.69) is 15.3 Å². The van der Waals surface area contributed by atoms with Crippen LogP contribution in [0.4, 0.5) is 10.2 Å². The molecule has 4 nitrogen and oxygen atoms in total. The van der Waals surface area contributed by atoms with Crippen molar-refractivity contribution in [3.05, 3.63) is 51.6 Å². The Morgan fingerprint density at radius 2 is 2.05 bits per heavy atom. The lowest BCUT2D eigenvalue weighted by atomic mass is 10.1. The fourth-order valence-electron chi connectivity index (χ4n) is 1.89. The summed E-state index contributed by atoms with van der Waals surface area (Å²) in [5.74, 6) is -0.693. The summed E-state index contributed by atoms with van der Waals surface area (Å²) in [6, 6.07) is 4.64. The Bertz CT molecular complexity index is 761. The minimum absolute atomic E-state index is 0.179. The standard InChI is InChI=1S/C13H6Cl2FN3O/c14-9-2-1-7-8(13(20)19-12(7)18-9)5-6-3-4-17-11(15)10(6)16/h1-5H,(H,18,19,20)/b8-5-. The molecule has 0 bridgehead atoms. The van der Waals surface area contributed by atoms with Crippen molar-refractivity contribution in [3.63, 3.8) is 0 Å². The summed E-state index contributed by atoms with van der Waals surface area (Å²) in [5, 5.41) is 2.59. The van der Waals surface area contributed by atoms with Gasteiger partial charge in [0.15, 0.2) is 11.0 Å². The quantitative estimate of drug-likeness (QED) is 0.648. The van der Waals surface area contributed by atoms with Gasteiger partial charge in [-0.3, -0.25) is 4.79 Å². The summed E-state index contributed by atoms with van der Waals surface area (Å²) < 4.78 is 13.8. The van der Waals surface area contributed by atoms with Gasteiger partial charge in [0.05, 0.1) is 5.57 Å². The van der Waals surface area contributed by atoms with Crippen LogP contribution in [0.5, 0.6) is 0 Å². The van der Waals surface area contributed by atoms with E-state index in [9.17, 15) is 9.18 Å². The van der Waals surface area contributed by atoms with Crippen LogP contribution >= 0.6 is 23.2 Å². The molecule has 100 valence electrons. The maximum Gasteiger partial charge on any atom is 0.257 e. The Kier molecular flexibility index (Phi) is 3.16. The second-order valence-electron chi connectivity index (χ2n) is 4.05. The van der Waals surface area contributed by atoms with E-state index in [0.29, 0.717) is 17.0 Å². The fraction of sp³-hybridized carbons (Fsp3) is 0. The van der Waals surface area contributed by atoms with E-state index in [1.165, 1.54) is 18.3 Å². The van der Waals surface area contributed by atoms with Gasteiger partial charge in [-0.05, 0) is 24.3 Å². The van der Waals surface area contributed by atoms with E-state index >= 15 is 0 Å². The molecule has 3 rings (SSSR count). The summed E-state index contributed by atoms with van der Waals surface area (Å²) in [5.41, 5.74) is 1.04. The van der Waals surface area contributed by atoms with Crippen LogP contribution in [0.2, 0.25) is 10.3 Å². The summed E-state index contributed by atoms with van der Waals surface area (Å²) in [4.78, 5) is 19.5. The SMILES string of the molecule is O=C1Nc2nc(Cl)ccc2/C1=C/c1ccnc(Cl)c1F. The van der Waals surface area contributed by atoms with Gasteiger partial charge >= 0.3 is 0 Å². The van der Waals surface area contributed by atoms with Crippen LogP contribution in [0.15, 0.2) is 24.4 Å². The normalized spacial score (nSPS) is 15.3. The number of anilines is 1. The Hall–Kier alpha value is -1.98. The largest absolute Gasteiger partial charge is 0.306 e. The molecule has 1 aliphatic rings. The zero-order valence-electron chi connectivity index (χ0n) is 9.82. The average Bonchev–Trinajstić information content (AvgIpc) is 2.70. The van der Waals surface area contributed by atoms with Gasteiger partial charge in [0.25, 0.3) is 5.91 Å². The maximum absolute atomic E-state index is 13.8. The Morgan fingerprint density at radius 3 is 2.85 bits per heavy atom. The second kappa shape index (κ2) is 4.85. The monoisotopic (exact) mass is 309 g/mol. The zero-order chi connectivity index (χ0) is 14.3. The highest BCUT2D eigenvalue weighted by molar-refractivity contribution is 6.35. The lowest BCUT2D eigenvalue weighted by Gasteiger charge is -2.00. The molecule has 0 radical (unpaired) electrons. The van der Waals surface area contributed by atoms with Crippen LogP contribution in [0, 0.1) is 5.82 Å². The molecule has 3 heterocycles. The second-order valence-corrected chi connectivity index (χ2v) is 4.79. The van der Waals surface area contributed by atoms with Gasteiger partial charge in [0.2, 0.25) is 0 Å². The molecule has 1 N–H and O–H groups in total. The number of pyridine rings is 2. The van der Waals surface area contributed by atoms with Crippen molar-refractivity contribution >= 4 is 46.6 Å². The first kappa shape index (κ1) is 13.0. The van der Waals surface area contributed by atoms with Crippen LogP contribution in [0.25, 0.3) is 11.6 Å². The lowest BCUT2D eigenvalue weighted by Crippen LogP contribution is -2.04. The number of carbonyl (C=O) groups excluding carboxylic acids is 1. The first-order valence-electron chi connectivity index (χ1n) is 5.56. The van der Waals surface area contributed by atoms with Crippen LogP contribution in [-0.2, 0) is 4.79 Å². The first-order valence-corrected chi connectivity index (χ1v) is 6.32. The molecule has 0 unspecified atom stereocenters. The summed E-state index contributed by atoms with van der Waals surface area (Å²) in [7, 11) is 0. The number of halogens is 3. The first-order chi connectivity index (χ1) is 9.56. The third-order valence-corrected chi connectivity index (χ3v) is 3.28. The number of rotatable bonds is 1. The number of hydrogen-bond acceptors (Lipinski definition) is 3. The van der Waals surface area contributed by atoms with Crippen LogP contribution in [-0.4, -0.2) is 15.9 Å². The molecule has 0 saturated carbocycles. The Labute approximate surface area is 123 Å². The van der Waals surface area contributed by atoms with Crippen LogP contribution in [0.3, 0.4) is 0 Å². The molecule has 0 aliphatic carbocycles. The van der Waals surface area contributed by atoms with Gasteiger partial charge in [-0.25, -0.2) is 14.4 Å². The fourth-order valence-corrected chi connectivity index (χ4v) is 2.20. The summed E-state index contributed by atoms with van der Waals surface area (Å²) in [6.07, 6.45) is 2.77. The molecule has 0 fully saturated rings. The molecular formula is C13H6Cl2FN3O. The molecule has 1 amide bonds. The minimum atomic E-state index is -0.676. The smallest absolute Gasteiger partial charge is 0.257 e. The Morgan fingerprint density at radius 1 is 1.25 bits per heavy atom. The lowest BCUT2D eigenvalue weighted by molar-refractivity contribution is -0.110. The molecule has 0 atom stereocenters. The van der Waals surface area contributed by atoms with Gasteiger partial charge in [-0.15, -0.1) is 0 Å². The molecule has 0 spiro atoms. The van der Waals surface area contributed by atoms with Crippen molar-refractivity contribution in [3.8, 4) is 0 Å². The average molecular weight is 310 g/mol. The maximum atomic E-state index is 13.8. The molecular weight excluding hydrogens is 304 g/mol. The van der Waals surface area contributed by atoms with Crippen LogP contribution in [0.1, 0.15) is 11.1 Å². The van der Waals surface area contributed by atoms with E-state index in [4.69, 9.17) is 23.2 Å². The zero-order valence-corrected chi connectivity index (χ0v) is 11.3. The number of fused-ring (bicyclic) bond motifs is 1. The van der Waals surface area contributed by atoms with Gasteiger partial charge in [-0.1, -0.05) is 23.2 Å². The molecule has 7 heteroatoms. The van der Waals surface area contributed by atoms with Crippen molar-refractivity contribution in [1.82, 2.24) is 9.97 Å². The van der Waals surface area contributed by atoms with E-state index in [1.54, 1.807) is 12.1 Å². The summed E-state index contributed by atoms with van der Waals surface area (Å²) in [6.45, 7) is 0. The van der Waals surface area contributed by atoms with E-state index < -0.39 is 5.82 Å². The number of aromatic nitrogens is 2. The number of amides is 1. The van der Waals surface area contributed by atoms with E-state index in [1.807, 2.05) is 0 Å².